The number of anilines is 2. The average molecular weight is 426 g/mol. The monoisotopic (exact) mass is 425 g/mol. The van der Waals surface area contributed by atoms with Gasteiger partial charge in [-0.05, 0) is 29.8 Å². The van der Waals surface area contributed by atoms with Crippen molar-refractivity contribution in [2.45, 2.75) is 0 Å². The lowest BCUT2D eigenvalue weighted by Crippen LogP contribution is -2.03. The van der Waals surface area contributed by atoms with Crippen molar-refractivity contribution in [3.05, 3.63) is 70.3 Å². The standard InChI is InChI=1S/C19H12BrN3O2S/c20-12-7-5-11(6-8-12)14-9-26-18-16(14)17(21-10-22-18)23-15-4-2-1-3-13(15)19(24)25/h1-10H,(H,24,25)(H,21,22,23). The molecule has 0 saturated carbocycles. The van der Waals surface area contributed by atoms with Gasteiger partial charge in [-0.3, -0.25) is 0 Å². The second kappa shape index (κ2) is 6.86. The molecule has 0 unspecified atom stereocenters. The first-order chi connectivity index (χ1) is 12.6. The summed E-state index contributed by atoms with van der Waals surface area (Å²) >= 11 is 4.98. The smallest absolute Gasteiger partial charge is 0.337 e. The van der Waals surface area contributed by atoms with Crippen LogP contribution in [0.3, 0.4) is 0 Å². The van der Waals surface area contributed by atoms with Crippen molar-refractivity contribution < 1.29 is 9.90 Å². The second-order valence-electron chi connectivity index (χ2n) is 5.53. The Balaban J connectivity index is 1.85. The Hall–Kier alpha value is -2.77. The van der Waals surface area contributed by atoms with E-state index in [0.29, 0.717) is 11.5 Å². The molecule has 0 atom stereocenters. The van der Waals surface area contributed by atoms with Gasteiger partial charge in [-0.25, -0.2) is 14.8 Å². The largest absolute Gasteiger partial charge is 0.478 e. The highest BCUT2D eigenvalue weighted by molar-refractivity contribution is 9.10. The number of carboxylic acid groups (broad SMARTS) is 1. The van der Waals surface area contributed by atoms with Gasteiger partial charge in [-0.2, -0.15) is 0 Å². The molecule has 2 heterocycles. The van der Waals surface area contributed by atoms with Crippen molar-refractivity contribution >= 4 is 55.0 Å². The number of rotatable bonds is 4. The number of nitrogens with one attached hydrogen (secondary N) is 1. The van der Waals surface area contributed by atoms with Gasteiger partial charge in [0.1, 0.15) is 17.0 Å². The van der Waals surface area contributed by atoms with E-state index >= 15 is 0 Å². The van der Waals surface area contributed by atoms with Gasteiger partial charge >= 0.3 is 5.97 Å². The van der Waals surface area contributed by atoms with E-state index in [1.165, 1.54) is 17.7 Å². The van der Waals surface area contributed by atoms with Crippen LogP contribution in [0, 0.1) is 0 Å². The molecule has 0 aliphatic heterocycles. The molecule has 26 heavy (non-hydrogen) atoms. The lowest BCUT2D eigenvalue weighted by atomic mass is 10.1. The van der Waals surface area contributed by atoms with Crippen LogP contribution >= 0.6 is 27.3 Å². The molecule has 0 bridgehead atoms. The lowest BCUT2D eigenvalue weighted by molar-refractivity contribution is 0.0698. The van der Waals surface area contributed by atoms with E-state index in [2.05, 4.69) is 31.2 Å². The number of fused-ring (bicyclic) bond motifs is 1. The van der Waals surface area contributed by atoms with Gasteiger partial charge in [0.05, 0.1) is 16.6 Å². The number of hydrogen-bond donors (Lipinski definition) is 2. The summed E-state index contributed by atoms with van der Waals surface area (Å²) < 4.78 is 1.01. The SMILES string of the molecule is O=C(O)c1ccccc1Nc1ncnc2scc(-c3ccc(Br)cc3)c12. The summed E-state index contributed by atoms with van der Waals surface area (Å²) in [5.74, 6) is -0.403. The predicted molar refractivity (Wildman–Crippen MR) is 107 cm³/mol. The molecular formula is C19H12BrN3O2S. The van der Waals surface area contributed by atoms with Crippen molar-refractivity contribution in [2.24, 2.45) is 0 Å². The fourth-order valence-electron chi connectivity index (χ4n) is 2.72. The van der Waals surface area contributed by atoms with Crippen LogP contribution in [0.2, 0.25) is 0 Å². The molecule has 2 aromatic carbocycles. The van der Waals surface area contributed by atoms with E-state index in [1.54, 1.807) is 24.3 Å². The van der Waals surface area contributed by atoms with Crippen LogP contribution in [0.4, 0.5) is 11.5 Å². The molecule has 0 fully saturated rings. The maximum Gasteiger partial charge on any atom is 0.337 e. The Morgan fingerprint density at radius 1 is 1.08 bits per heavy atom. The van der Waals surface area contributed by atoms with Crippen molar-refractivity contribution in [3.63, 3.8) is 0 Å². The van der Waals surface area contributed by atoms with Gasteiger partial charge in [-0.1, -0.05) is 40.2 Å². The third-order valence-corrected chi connectivity index (χ3v) is 5.35. The number of aromatic carboxylic acids is 1. The highest BCUT2D eigenvalue weighted by Crippen LogP contribution is 2.38. The number of halogens is 1. The molecule has 5 nitrogen and oxygen atoms in total. The number of thiophene rings is 1. The number of carboxylic acids is 1. The van der Waals surface area contributed by atoms with Crippen molar-refractivity contribution in [3.8, 4) is 11.1 Å². The summed E-state index contributed by atoms with van der Waals surface area (Å²) in [6.45, 7) is 0. The van der Waals surface area contributed by atoms with Crippen LogP contribution in [-0.2, 0) is 0 Å². The molecular weight excluding hydrogens is 414 g/mol. The van der Waals surface area contributed by atoms with Gasteiger partial charge in [0.2, 0.25) is 0 Å². The molecule has 4 aromatic rings. The van der Waals surface area contributed by atoms with Crippen LogP contribution < -0.4 is 5.32 Å². The third-order valence-electron chi connectivity index (χ3n) is 3.94. The van der Waals surface area contributed by atoms with Gasteiger partial charge in [0.25, 0.3) is 0 Å². The Labute approximate surface area is 161 Å². The summed E-state index contributed by atoms with van der Waals surface area (Å²) in [7, 11) is 0. The Bertz CT molecular complexity index is 1110. The zero-order valence-corrected chi connectivity index (χ0v) is 15.7. The minimum Gasteiger partial charge on any atom is -0.478 e. The van der Waals surface area contributed by atoms with Crippen LogP contribution in [-0.4, -0.2) is 21.0 Å². The van der Waals surface area contributed by atoms with Crippen LogP contribution in [0.15, 0.2) is 64.7 Å². The molecule has 0 spiro atoms. The molecule has 0 aliphatic rings. The van der Waals surface area contributed by atoms with Crippen LogP contribution in [0.1, 0.15) is 10.4 Å². The predicted octanol–water partition coefficient (Wildman–Crippen LogP) is 5.56. The summed E-state index contributed by atoms with van der Waals surface area (Å²) in [6, 6.07) is 14.8. The fraction of sp³-hybridized carbons (Fsp3) is 0. The molecule has 0 aliphatic carbocycles. The zero-order valence-electron chi connectivity index (χ0n) is 13.3. The van der Waals surface area contributed by atoms with E-state index in [0.717, 1.165) is 25.8 Å². The molecule has 2 aromatic heterocycles. The number of carbonyl (C=O) groups is 1. The third kappa shape index (κ3) is 3.07. The molecule has 7 heteroatoms. The summed E-state index contributed by atoms with van der Waals surface area (Å²) in [5.41, 5.74) is 2.74. The van der Waals surface area contributed by atoms with Crippen LogP contribution in [0.25, 0.3) is 21.3 Å². The van der Waals surface area contributed by atoms with E-state index < -0.39 is 5.97 Å². The molecule has 2 N–H and O–H groups in total. The van der Waals surface area contributed by atoms with Crippen molar-refractivity contribution in [1.29, 1.82) is 0 Å². The summed E-state index contributed by atoms with van der Waals surface area (Å²) in [6.07, 6.45) is 1.48. The van der Waals surface area contributed by atoms with Crippen molar-refractivity contribution in [1.82, 2.24) is 9.97 Å². The Kier molecular flexibility index (Phi) is 4.40. The maximum atomic E-state index is 11.5. The van der Waals surface area contributed by atoms with Gasteiger partial charge in [0.15, 0.2) is 0 Å². The number of nitrogens with zero attached hydrogens (tertiary/aromatic N) is 2. The van der Waals surface area contributed by atoms with E-state index in [1.807, 2.05) is 29.6 Å². The molecule has 4 rings (SSSR count). The Morgan fingerprint density at radius 3 is 2.62 bits per heavy atom. The quantitative estimate of drug-likeness (QED) is 0.447. The summed E-state index contributed by atoms with van der Waals surface area (Å²) in [5, 5.41) is 15.5. The average Bonchev–Trinajstić information content (AvgIpc) is 3.08. The normalized spacial score (nSPS) is 10.8. The highest BCUT2D eigenvalue weighted by Gasteiger charge is 2.15. The maximum absolute atomic E-state index is 11.5. The van der Waals surface area contributed by atoms with E-state index in [9.17, 15) is 9.90 Å². The fourth-order valence-corrected chi connectivity index (χ4v) is 3.90. The Morgan fingerprint density at radius 2 is 1.85 bits per heavy atom. The molecule has 0 amide bonds. The summed E-state index contributed by atoms with van der Waals surface area (Å²) in [4.78, 5) is 21.0. The molecule has 0 saturated heterocycles. The van der Waals surface area contributed by atoms with Crippen LogP contribution in [0.5, 0.6) is 0 Å². The topological polar surface area (TPSA) is 75.1 Å². The second-order valence-corrected chi connectivity index (χ2v) is 7.31. The van der Waals surface area contributed by atoms with E-state index in [-0.39, 0.29) is 5.56 Å². The minimum atomic E-state index is -0.989. The zero-order chi connectivity index (χ0) is 18.1. The van der Waals surface area contributed by atoms with Crippen molar-refractivity contribution in [2.75, 3.05) is 5.32 Å². The lowest BCUT2D eigenvalue weighted by Gasteiger charge is -2.10. The molecule has 128 valence electrons. The first kappa shape index (κ1) is 16.7. The van der Waals surface area contributed by atoms with Gasteiger partial charge < -0.3 is 10.4 Å². The molecule has 0 radical (unpaired) electrons. The highest BCUT2D eigenvalue weighted by atomic mass is 79.9. The number of aromatic nitrogens is 2. The van der Waals surface area contributed by atoms with Gasteiger partial charge in [-0.15, -0.1) is 11.3 Å². The first-order valence-electron chi connectivity index (χ1n) is 7.71. The number of para-hydroxylation sites is 1. The first-order valence-corrected chi connectivity index (χ1v) is 9.38. The minimum absolute atomic E-state index is 0.194. The van der Waals surface area contributed by atoms with E-state index in [4.69, 9.17) is 0 Å². The van der Waals surface area contributed by atoms with Gasteiger partial charge in [0, 0.05) is 15.4 Å². The number of hydrogen-bond acceptors (Lipinski definition) is 5. The number of benzene rings is 2.